The Morgan fingerprint density at radius 2 is 1.57 bits per heavy atom. The van der Waals surface area contributed by atoms with Crippen LogP contribution in [0, 0.1) is 0 Å². The summed E-state index contributed by atoms with van der Waals surface area (Å²) in [5.41, 5.74) is 0. The first kappa shape index (κ1) is 23.2. The minimum Gasteiger partial charge on any atom is -0.493 e. The highest BCUT2D eigenvalue weighted by molar-refractivity contribution is 5.94. The van der Waals surface area contributed by atoms with Crippen molar-refractivity contribution in [2.75, 3.05) is 46.2 Å². The molecule has 1 amide bonds. The first-order chi connectivity index (χ1) is 14.7. The highest BCUT2D eigenvalue weighted by Crippen LogP contribution is 2.33. The third-order valence-corrected chi connectivity index (χ3v) is 3.87. The molecule has 2 aromatic carbocycles. The highest BCUT2D eigenvalue weighted by atomic mass is 16.6. The monoisotopic (exact) mass is 417 g/mol. The number of esters is 1. The van der Waals surface area contributed by atoms with E-state index < -0.39 is 12.1 Å². The van der Waals surface area contributed by atoms with Gasteiger partial charge in [0, 0.05) is 23.4 Å². The van der Waals surface area contributed by atoms with Crippen LogP contribution in [-0.2, 0) is 19.0 Å². The molecular formula is C22H27NO7. The minimum absolute atomic E-state index is 0.165. The van der Waals surface area contributed by atoms with Crippen molar-refractivity contribution in [2.24, 2.45) is 0 Å². The fourth-order valence-electron chi connectivity index (χ4n) is 2.56. The van der Waals surface area contributed by atoms with E-state index in [1.54, 1.807) is 12.1 Å². The third kappa shape index (κ3) is 7.73. The number of rotatable bonds is 13. The summed E-state index contributed by atoms with van der Waals surface area (Å²) in [6, 6.07) is 11.1. The molecular weight excluding hydrogens is 390 g/mol. The molecule has 0 atom stereocenters. The van der Waals surface area contributed by atoms with Gasteiger partial charge in [0.25, 0.3) is 0 Å². The molecule has 30 heavy (non-hydrogen) atoms. The maximum atomic E-state index is 12.1. The van der Waals surface area contributed by atoms with E-state index >= 15 is 0 Å². The zero-order valence-corrected chi connectivity index (χ0v) is 17.1. The fourth-order valence-corrected chi connectivity index (χ4v) is 2.56. The Labute approximate surface area is 175 Å². The Bertz CT molecular complexity index is 837. The zero-order valence-electron chi connectivity index (χ0n) is 17.1. The predicted molar refractivity (Wildman–Crippen MR) is 112 cm³/mol. The number of ether oxygens (including phenoxy) is 5. The molecule has 0 aliphatic heterocycles. The van der Waals surface area contributed by atoms with Gasteiger partial charge in [0.05, 0.1) is 33.0 Å². The quantitative estimate of drug-likeness (QED) is 0.304. The number of amides is 1. The van der Waals surface area contributed by atoms with Gasteiger partial charge in [0.1, 0.15) is 18.1 Å². The lowest BCUT2D eigenvalue weighted by Gasteiger charge is -2.12. The van der Waals surface area contributed by atoms with Crippen molar-refractivity contribution in [3.8, 4) is 11.5 Å². The lowest BCUT2D eigenvalue weighted by Crippen LogP contribution is -2.30. The number of carbonyl (C=O) groups excluding carboxylic acids is 2. The molecule has 0 unspecified atom stereocenters. The number of carbonyl (C=O) groups is 2. The van der Waals surface area contributed by atoms with Crippen LogP contribution in [0.5, 0.6) is 11.5 Å². The van der Waals surface area contributed by atoms with Crippen molar-refractivity contribution in [3.63, 3.8) is 0 Å². The van der Waals surface area contributed by atoms with Crippen molar-refractivity contribution in [1.82, 2.24) is 5.32 Å². The first-order valence-electron chi connectivity index (χ1n) is 9.70. The Hall–Kier alpha value is -3.10. The van der Waals surface area contributed by atoms with Gasteiger partial charge in [-0.15, -0.1) is 0 Å². The van der Waals surface area contributed by atoms with Gasteiger partial charge >= 0.3 is 12.1 Å². The molecule has 0 radical (unpaired) electrons. The van der Waals surface area contributed by atoms with Crippen LogP contribution in [0.15, 0.2) is 49.1 Å². The van der Waals surface area contributed by atoms with Crippen molar-refractivity contribution in [1.29, 1.82) is 0 Å². The van der Waals surface area contributed by atoms with Gasteiger partial charge in [0.15, 0.2) is 0 Å². The fraction of sp³-hybridized carbons (Fsp3) is 0.364. The average Bonchev–Trinajstić information content (AvgIpc) is 2.76. The van der Waals surface area contributed by atoms with Gasteiger partial charge in [-0.25, -0.2) is 9.59 Å². The van der Waals surface area contributed by atoms with Crippen LogP contribution < -0.4 is 14.8 Å². The van der Waals surface area contributed by atoms with E-state index in [-0.39, 0.29) is 13.2 Å². The van der Waals surface area contributed by atoms with Crippen LogP contribution in [0.3, 0.4) is 0 Å². The molecule has 0 saturated carbocycles. The average molecular weight is 417 g/mol. The van der Waals surface area contributed by atoms with Gasteiger partial charge in [-0.1, -0.05) is 30.8 Å². The molecule has 8 nitrogen and oxygen atoms in total. The third-order valence-electron chi connectivity index (χ3n) is 3.87. The summed E-state index contributed by atoms with van der Waals surface area (Å²) in [6.45, 7) is 7.54. The molecule has 2 aromatic rings. The summed E-state index contributed by atoms with van der Waals surface area (Å²) in [4.78, 5) is 22.9. The van der Waals surface area contributed by atoms with E-state index in [0.29, 0.717) is 38.7 Å². The van der Waals surface area contributed by atoms with Crippen LogP contribution in [-0.4, -0.2) is 58.2 Å². The van der Waals surface area contributed by atoms with Crippen LogP contribution in [0.2, 0.25) is 0 Å². The van der Waals surface area contributed by atoms with Crippen LogP contribution in [0.1, 0.15) is 6.92 Å². The van der Waals surface area contributed by atoms with Gasteiger partial charge in [-0.2, -0.15) is 0 Å². The number of hydrogen-bond acceptors (Lipinski definition) is 7. The molecule has 0 saturated heterocycles. The summed E-state index contributed by atoms with van der Waals surface area (Å²) < 4.78 is 26.4. The molecule has 0 heterocycles. The van der Waals surface area contributed by atoms with Crippen molar-refractivity contribution < 1.29 is 33.3 Å². The van der Waals surface area contributed by atoms with Crippen LogP contribution >= 0.6 is 0 Å². The van der Waals surface area contributed by atoms with E-state index in [4.69, 9.17) is 23.7 Å². The molecule has 0 aliphatic rings. The second-order valence-corrected chi connectivity index (χ2v) is 5.95. The molecule has 162 valence electrons. The maximum absolute atomic E-state index is 12.1. The summed E-state index contributed by atoms with van der Waals surface area (Å²) in [5, 5.41) is 4.32. The lowest BCUT2D eigenvalue weighted by molar-refractivity contribution is -0.139. The van der Waals surface area contributed by atoms with Crippen molar-refractivity contribution in [2.45, 2.75) is 6.92 Å². The lowest BCUT2D eigenvalue weighted by atomic mass is 10.1. The molecule has 0 aromatic heterocycles. The SMILES string of the molecule is C=CC(=O)OCCOCCOCCNC(=O)Oc1ccc(OCC)c2ccccc12. The highest BCUT2D eigenvalue weighted by Gasteiger charge is 2.11. The smallest absolute Gasteiger partial charge is 0.412 e. The minimum atomic E-state index is -0.562. The molecule has 0 aliphatic carbocycles. The second kappa shape index (κ2) is 13.2. The summed E-state index contributed by atoms with van der Waals surface area (Å²) in [5.74, 6) is 0.722. The molecule has 0 bridgehead atoms. The van der Waals surface area contributed by atoms with E-state index in [9.17, 15) is 9.59 Å². The van der Waals surface area contributed by atoms with Crippen molar-refractivity contribution >= 4 is 22.8 Å². The Morgan fingerprint density at radius 1 is 0.933 bits per heavy atom. The van der Waals surface area contributed by atoms with Crippen LogP contribution in [0.4, 0.5) is 4.79 Å². The standard InChI is InChI=1S/C22H27NO7/c1-3-21(24)29-16-15-27-14-13-26-12-11-23-22(25)30-20-10-9-19(28-4-2)17-7-5-6-8-18(17)20/h3,5-10H,1,4,11-16H2,2H3,(H,23,25). The normalized spacial score (nSPS) is 10.4. The Balaban J connectivity index is 1.64. The maximum Gasteiger partial charge on any atom is 0.412 e. The van der Waals surface area contributed by atoms with E-state index in [0.717, 1.165) is 22.6 Å². The molecule has 0 spiro atoms. The van der Waals surface area contributed by atoms with Gasteiger partial charge < -0.3 is 29.0 Å². The van der Waals surface area contributed by atoms with E-state index in [1.165, 1.54) is 0 Å². The number of nitrogens with one attached hydrogen (secondary N) is 1. The van der Waals surface area contributed by atoms with Crippen molar-refractivity contribution in [3.05, 3.63) is 49.1 Å². The summed E-state index contributed by atoms with van der Waals surface area (Å²) in [7, 11) is 0. The summed E-state index contributed by atoms with van der Waals surface area (Å²) in [6.07, 6.45) is 0.535. The largest absolute Gasteiger partial charge is 0.493 e. The number of fused-ring (bicyclic) bond motifs is 1. The van der Waals surface area contributed by atoms with E-state index in [2.05, 4.69) is 11.9 Å². The molecule has 0 fully saturated rings. The van der Waals surface area contributed by atoms with Gasteiger partial charge in [0.2, 0.25) is 0 Å². The number of hydrogen-bond donors (Lipinski definition) is 1. The van der Waals surface area contributed by atoms with Gasteiger partial charge in [-0.05, 0) is 19.1 Å². The molecule has 8 heteroatoms. The predicted octanol–water partition coefficient (Wildman–Crippen LogP) is 3.09. The number of benzene rings is 2. The molecule has 1 N–H and O–H groups in total. The first-order valence-corrected chi connectivity index (χ1v) is 9.70. The molecule has 2 rings (SSSR count). The zero-order chi connectivity index (χ0) is 21.6. The van der Waals surface area contributed by atoms with Gasteiger partial charge in [-0.3, -0.25) is 0 Å². The van der Waals surface area contributed by atoms with Crippen LogP contribution in [0.25, 0.3) is 10.8 Å². The summed E-state index contributed by atoms with van der Waals surface area (Å²) >= 11 is 0. The van der Waals surface area contributed by atoms with E-state index in [1.807, 2.05) is 31.2 Å². The topological polar surface area (TPSA) is 92.3 Å². The Kier molecular flexibility index (Phi) is 10.2. The second-order valence-electron chi connectivity index (χ2n) is 5.95. The Morgan fingerprint density at radius 3 is 2.27 bits per heavy atom.